The van der Waals surface area contributed by atoms with Crippen LogP contribution in [0.15, 0.2) is 44.2 Å². The molecule has 0 aromatic rings. The SMILES string of the molecule is C1=CC[C]([Ti+2][C]2=CC=CC2)=C1.[N-]=[N+]=[N-].[N-]=[N+]=[N-]. The van der Waals surface area contributed by atoms with Crippen molar-refractivity contribution in [3.63, 3.8) is 0 Å². The topological polar surface area (TPSA) is 117 Å². The van der Waals surface area contributed by atoms with E-state index in [2.05, 4.69) is 36.5 Å². The van der Waals surface area contributed by atoms with Crippen molar-refractivity contribution in [2.45, 2.75) is 12.8 Å². The molecular formula is C10H10N6Ti. The normalized spacial score (nSPS) is 13.9. The van der Waals surface area contributed by atoms with Crippen molar-refractivity contribution in [3.8, 4) is 0 Å². The molecule has 0 saturated carbocycles. The molecule has 7 heteroatoms. The van der Waals surface area contributed by atoms with Gasteiger partial charge in [0.15, 0.2) is 0 Å². The summed E-state index contributed by atoms with van der Waals surface area (Å²) < 4.78 is 3.36. The summed E-state index contributed by atoms with van der Waals surface area (Å²) in [5.74, 6) is 0. The largest absolute Gasteiger partial charge is 0.373 e. The molecule has 0 aromatic heterocycles. The first-order valence-electron chi connectivity index (χ1n) is 4.73. The fourth-order valence-electron chi connectivity index (χ4n) is 1.29. The fraction of sp³-hybridized carbons (Fsp3) is 0.200. The molecule has 0 atom stereocenters. The molecule has 0 unspecified atom stereocenters. The Morgan fingerprint density at radius 3 is 1.41 bits per heavy atom. The molecule has 0 fully saturated rings. The Morgan fingerprint density at radius 1 is 0.824 bits per heavy atom. The zero-order valence-electron chi connectivity index (χ0n) is 9.06. The molecule has 0 saturated heterocycles. The Hall–Kier alpha value is -1.71. The second kappa shape index (κ2) is 10.8. The van der Waals surface area contributed by atoms with E-state index in [4.69, 9.17) is 22.1 Å². The van der Waals surface area contributed by atoms with Gasteiger partial charge in [0.05, 0.1) is 0 Å². The number of rotatable bonds is 2. The van der Waals surface area contributed by atoms with Crippen LogP contribution in [0.25, 0.3) is 31.9 Å². The van der Waals surface area contributed by atoms with Crippen LogP contribution in [0, 0.1) is 0 Å². The van der Waals surface area contributed by atoms with Gasteiger partial charge < -0.3 is 22.1 Å². The third-order valence-electron chi connectivity index (χ3n) is 1.86. The average molecular weight is 262 g/mol. The smallest absolute Gasteiger partial charge is 0.255 e. The molecule has 17 heavy (non-hydrogen) atoms. The monoisotopic (exact) mass is 262 g/mol. The van der Waals surface area contributed by atoms with Gasteiger partial charge in [0.1, 0.15) is 0 Å². The molecule has 0 amide bonds. The van der Waals surface area contributed by atoms with E-state index in [0.717, 1.165) is 0 Å². The van der Waals surface area contributed by atoms with Crippen LogP contribution in [-0.2, 0) is 19.2 Å². The molecule has 2 rings (SSSR count). The van der Waals surface area contributed by atoms with Gasteiger partial charge in [-0.25, -0.2) is 0 Å². The van der Waals surface area contributed by atoms with Gasteiger partial charge in [0.2, 0.25) is 0 Å². The number of hydrogen-bond acceptors (Lipinski definition) is 0. The second-order valence-corrected chi connectivity index (χ2v) is 5.35. The van der Waals surface area contributed by atoms with Gasteiger partial charge in [-0.3, -0.25) is 9.82 Å². The standard InChI is InChI=1S/2C5H5.2N3.Ti/c2*1-2-4-5-3-1;2*1-3-2;/h2*1-3H,4H2;;;/q;;2*-1;+2. The Morgan fingerprint density at radius 2 is 1.18 bits per heavy atom. The van der Waals surface area contributed by atoms with Crippen molar-refractivity contribution >= 4 is 0 Å². The molecule has 6 nitrogen and oxygen atoms in total. The van der Waals surface area contributed by atoms with E-state index in [0.29, 0.717) is 0 Å². The summed E-state index contributed by atoms with van der Waals surface area (Å²) in [6.07, 6.45) is 15.9. The molecule has 84 valence electrons. The van der Waals surface area contributed by atoms with E-state index in [1.807, 2.05) is 0 Å². The summed E-state index contributed by atoms with van der Waals surface area (Å²) in [5.41, 5.74) is 27.0. The molecule has 0 bridgehead atoms. The van der Waals surface area contributed by atoms with Crippen molar-refractivity contribution in [2.75, 3.05) is 0 Å². The Balaban J connectivity index is 0.000000366. The molecule has 0 aromatic carbocycles. The van der Waals surface area contributed by atoms with Gasteiger partial charge >= 0.3 is 76.2 Å². The molecular weight excluding hydrogens is 252 g/mol. The molecule has 2 aliphatic rings. The van der Waals surface area contributed by atoms with Gasteiger partial charge in [-0.2, -0.15) is 0 Å². The van der Waals surface area contributed by atoms with Crippen molar-refractivity contribution in [3.05, 3.63) is 76.2 Å². The first kappa shape index (κ1) is 15.3. The van der Waals surface area contributed by atoms with Crippen LogP contribution in [0.3, 0.4) is 0 Å². The third kappa shape index (κ3) is 8.14. The Labute approximate surface area is 108 Å². The van der Waals surface area contributed by atoms with Gasteiger partial charge in [-0.1, -0.05) is 0 Å². The Bertz CT molecular complexity index is 380. The summed E-state index contributed by atoms with van der Waals surface area (Å²) in [6.45, 7) is 0. The van der Waals surface area contributed by atoms with Crippen LogP contribution in [0.5, 0.6) is 0 Å². The molecule has 0 aliphatic heterocycles. The quantitative estimate of drug-likeness (QED) is 0.301. The zero-order chi connectivity index (χ0) is 12.9. The van der Waals surface area contributed by atoms with Crippen LogP contribution in [0.4, 0.5) is 0 Å². The second-order valence-electron chi connectivity index (χ2n) is 2.95. The van der Waals surface area contributed by atoms with E-state index in [-0.39, 0.29) is 19.2 Å². The molecule has 0 radical (unpaired) electrons. The summed E-state index contributed by atoms with van der Waals surface area (Å²) in [7, 11) is 0. The van der Waals surface area contributed by atoms with Crippen molar-refractivity contribution in [1.29, 1.82) is 0 Å². The van der Waals surface area contributed by atoms with E-state index in [9.17, 15) is 0 Å². The minimum absolute atomic E-state index is 0.0833. The summed E-state index contributed by atoms with van der Waals surface area (Å²) in [6, 6.07) is 0. The molecule has 2 aliphatic carbocycles. The molecule has 0 spiro atoms. The van der Waals surface area contributed by atoms with Gasteiger partial charge in [-0.15, -0.1) is 0 Å². The minimum Gasteiger partial charge on any atom is -0.373 e. The fourth-order valence-corrected chi connectivity index (χ4v) is 3.18. The maximum atomic E-state index is 6.75. The van der Waals surface area contributed by atoms with Gasteiger partial charge in [-0.05, 0) is 0 Å². The van der Waals surface area contributed by atoms with Gasteiger partial charge in [0, 0.05) is 0 Å². The molecule has 0 heterocycles. The van der Waals surface area contributed by atoms with Crippen molar-refractivity contribution in [2.24, 2.45) is 0 Å². The van der Waals surface area contributed by atoms with Crippen molar-refractivity contribution in [1.82, 2.24) is 0 Å². The van der Waals surface area contributed by atoms with Crippen LogP contribution in [0.1, 0.15) is 12.8 Å². The number of allylic oxidation sites excluding steroid dienone is 8. The number of nitrogens with zero attached hydrogens (tertiary/aromatic N) is 6. The van der Waals surface area contributed by atoms with Crippen LogP contribution < -0.4 is 0 Å². The zero-order valence-corrected chi connectivity index (χ0v) is 10.6. The first-order chi connectivity index (χ1) is 8.28. The molecule has 0 N–H and O–H groups in total. The number of hydrogen-bond donors (Lipinski definition) is 0. The van der Waals surface area contributed by atoms with Gasteiger partial charge in [0.25, 0.3) is 0 Å². The average Bonchev–Trinajstić information content (AvgIpc) is 2.94. The predicted molar refractivity (Wildman–Crippen MR) is 63.8 cm³/mol. The van der Waals surface area contributed by atoms with Crippen molar-refractivity contribution < 1.29 is 19.2 Å². The maximum absolute atomic E-state index is 6.75. The summed E-state index contributed by atoms with van der Waals surface area (Å²) in [4.78, 5) is 3.00. The van der Waals surface area contributed by atoms with E-state index < -0.39 is 0 Å². The van der Waals surface area contributed by atoms with E-state index in [1.165, 1.54) is 22.7 Å². The summed E-state index contributed by atoms with van der Waals surface area (Å²) in [5, 5.41) is 0. The van der Waals surface area contributed by atoms with E-state index >= 15 is 0 Å². The van der Waals surface area contributed by atoms with Crippen LogP contribution in [0.2, 0.25) is 0 Å². The van der Waals surface area contributed by atoms with E-state index in [1.54, 1.807) is 7.76 Å². The summed E-state index contributed by atoms with van der Waals surface area (Å²) >= 11 is 0.0833. The van der Waals surface area contributed by atoms with Crippen LogP contribution >= 0.6 is 0 Å². The maximum Gasteiger partial charge on any atom is -0.255 e. The first-order valence-corrected chi connectivity index (χ1v) is 6.30. The third-order valence-corrected chi connectivity index (χ3v) is 4.02. The Kier molecular flexibility index (Phi) is 9.72. The van der Waals surface area contributed by atoms with Crippen LogP contribution in [-0.4, -0.2) is 0 Å². The predicted octanol–water partition coefficient (Wildman–Crippen LogP) is 4.49. The minimum atomic E-state index is 0.0833.